The zero-order valence-electron chi connectivity index (χ0n) is 21.6. The number of epoxide rings is 1. The Morgan fingerprint density at radius 2 is 1.22 bits per heavy atom. The number of ether oxygens (including phenoxy) is 2. The molecule has 9 nitrogen and oxygen atoms in total. The van der Waals surface area contributed by atoms with E-state index in [0.29, 0.717) is 45.7 Å². The van der Waals surface area contributed by atoms with Crippen LogP contribution in [0.4, 0.5) is 0 Å². The molecule has 0 aromatic carbocycles. The van der Waals surface area contributed by atoms with Gasteiger partial charge in [0.05, 0.1) is 13.2 Å². The molecule has 1 fully saturated rings. The van der Waals surface area contributed by atoms with Crippen molar-refractivity contribution in [2.45, 2.75) is 80.1 Å². The Morgan fingerprint density at radius 3 is 1.59 bits per heavy atom. The summed E-state index contributed by atoms with van der Waals surface area (Å²) in [6.45, 7) is 21.3. The predicted octanol–water partition coefficient (Wildman–Crippen LogP) is 3.80. The van der Waals surface area contributed by atoms with E-state index in [-0.39, 0.29) is 6.10 Å². The van der Waals surface area contributed by atoms with Gasteiger partial charge in [0, 0.05) is 58.9 Å². The summed E-state index contributed by atoms with van der Waals surface area (Å²) in [6.07, 6.45) is 2.42. The molecule has 1 heterocycles. The Morgan fingerprint density at radius 1 is 0.781 bits per heavy atom. The van der Waals surface area contributed by atoms with Crippen LogP contribution in [0.2, 0.25) is 6.55 Å². The van der Waals surface area contributed by atoms with E-state index in [1.54, 1.807) is 0 Å². The summed E-state index contributed by atoms with van der Waals surface area (Å²) in [5, 5.41) is 0. The highest BCUT2D eigenvalue weighted by atomic mass is 28.4. The van der Waals surface area contributed by atoms with E-state index in [9.17, 15) is 0 Å². The summed E-state index contributed by atoms with van der Waals surface area (Å²) < 4.78 is 49.6. The van der Waals surface area contributed by atoms with Crippen LogP contribution in [0.5, 0.6) is 0 Å². The maximum Gasteiger partial charge on any atom is 0.679 e. The van der Waals surface area contributed by atoms with Gasteiger partial charge in [0.15, 0.2) is 0 Å². The zero-order valence-corrected chi connectivity index (χ0v) is 23.6. The lowest BCUT2D eigenvalue weighted by atomic mass is 10.2. The fourth-order valence-electron chi connectivity index (χ4n) is 2.87. The quantitative estimate of drug-likeness (QED) is 0.141. The van der Waals surface area contributed by atoms with E-state index in [0.717, 1.165) is 32.7 Å². The third-order valence-electron chi connectivity index (χ3n) is 4.12. The summed E-state index contributed by atoms with van der Waals surface area (Å²) in [4.78, 5) is 0. The molecule has 194 valence electrons. The third kappa shape index (κ3) is 15.8. The van der Waals surface area contributed by atoms with Gasteiger partial charge in [-0.15, -0.1) is 0 Å². The first-order valence-corrected chi connectivity index (χ1v) is 15.9. The van der Waals surface area contributed by atoms with Crippen LogP contribution in [0.1, 0.15) is 61.3 Å². The lowest BCUT2D eigenvalue weighted by molar-refractivity contribution is -0.0247. The molecule has 0 aromatic rings. The van der Waals surface area contributed by atoms with Gasteiger partial charge in [-0.1, -0.05) is 0 Å². The van der Waals surface area contributed by atoms with Crippen molar-refractivity contribution < 1.29 is 40.5 Å². The topological polar surface area (TPSA) is 86.4 Å². The molecule has 0 aliphatic carbocycles. The van der Waals surface area contributed by atoms with E-state index in [2.05, 4.69) is 6.92 Å². The second-order valence-electron chi connectivity index (χ2n) is 7.06. The molecular formula is C21H48O9Si2. The first-order chi connectivity index (χ1) is 15.3. The van der Waals surface area contributed by atoms with Gasteiger partial charge in [-0.2, -0.15) is 0 Å². The molecule has 0 bridgehead atoms. The molecule has 0 radical (unpaired) electrons. The van der Waals surface area contributed by atoms with Gasteiger partial charge in [-0.3, -0.25) is 0 Å². The summed E-state index contributed by atoms with van der Waals surface area (Å²) in [5.41, 5.74) is 0. The molecular weight excluding hydrogens is 452 g/mol. The molecule has 1 saturated heterocycles. The number of hydrogen-bond acceptors (Lipinski definition) is 9. The van der Waals surface area contributed by atoms with Crippen LogP contribution in [0.25, 0.3) is 0 Å². The van der Waals surface area contributed by atoms with Crippen molar-refractivity contribution in [1.82, 2.24) is 0 Å². The number of rotatable bonds is 20. The molecule has 11 heteroatoms. The van der Waals surface area contributed by atoms with Gasteiger partial charge in [0.1, 0.15) is 6.10 Å². The average molecular weight is 501 g/mol. The maximum atomic E-state index is 5.97. The van der Waals surface area contributed by atoms with Crippen molar-refractivity contribution in [2.75, 3.05) is 59.5 Å². The van der Waals surface area contributed by atoms with Crippen LogP contribution >= 0.6 is 0 Å². The van der Waals surface area contributed by atoms with E-state index < -0.39 is 17.9 Å². The minimum Gasteiger partial charge on any atom is -0.379 e. The fourth-order valence-corrected chi connectivity index (χ4v) is 6.90. The van der Waals surface area contributed by atoms with Crippen LogP contribution < -0.4 is 0 Å². The second-order valence-corrected chi connectivity index (χ2v) is 11.8. The van der Waals surface area contributed by atoms with E-state index >= 15 is 0 Å². The molecule has 0 N–H and O–H groups in total. The van der Waals surface area contributed by atoms with E-state index in [1.807, 2.05) is 48.1 Å². The highest BCUT2D eigenvalue weighted by Crippen LogP contribution is 2.15. The minimum absolute atomic E-state index is 0.135. The van der Waals surface area contributed by atoms with E-state index in [1.165, 1.54) is 0 Å². The van der Waals surface area contributed by atoms with Crippen LogP contribution in [0.15, 0.2) is 0 Å². The first-order valence-electron chi connectivity index (χ1n) is 12.0. The second kappa shape index (κ2) is 19.4. The van der Waals surface area contributed by atoms with Crippen molar-refractivity contribution in [3.8, 4) is 0 Å². The normalized spacial score (nSPS) is 17.1. The molecule has 1 aliphatic heterocycles. The van der Waals surface area contributed by atoms with Gasteiger partial charge in [-0.05, 0) is 61.3 Å². The third-order valence-corrected chi connectivity index (χ3v) is 9.14. The Kier molecular flexibility index (Phi) is 19.4. The molecule has 0 spiro atoms. The smallest absolute Gasteiger partial charge is 0.379 e. The summed E-state index contributed by atoms with van der Waals surface area (Å²) in [6, 6.07) is 0. The predicted molar refractivity (Wildman–Crippen MR) is 127 cm³/mol. The molecule has 0 aromatic heterocycles. The van der Waals surface area contributed by atoms with Crippen LogP contribution in [0.3, 0.4) is 0 Å². The maximum absolute atomic E-state index is 5.97. The van der Waals surface area contributed by atoms with Gasteiger partial charge < -0.3 is 40.5 Å². The molecule has 0 amide bonds. The Hall–Kier alpha value is 0.0738. The molecule has 1 aliphatic rings. The zero-order chi connectivity index (χ0) is 24.3. The highest BCUT2D eigenvalue weighted by molar-refractivity contribution is 6.59. The number of hydrogen-bond donors (Lipinski definition) is 0. The lowest BCUT2D eigenvalue weighted by Crippen LogP contribution is -2.49. The monoisotopic (exact) mass is 500 g/mol. The summed E-state index contributed by atoms with van der Waals surface area (Å²) >= 11 is 0. The van der Waals surface area contributed by atoms with E-state index in [4.69, 9.17) is 40.5 Å². The first kappa shape index (κ1) is 32.1. The van der Waals surface area contributed by atoms with Gasteiger partial charge in [0.25, 0.3) is 0 Å². The molecule has 2 unspecified atom stereocenters. The molecule has 1 rings (SSSR count). The van der Waals surface area contributed by atoms with Crippen molar-refractivity contribution in [1.29, 1.82) is 0 Å². The molecule has 0 saturated carbocycles. The molecule has 32 heavy (non-hydrogen) atoms. The van der Waals surface area contributed by atoms with Gasteiger partial charge in [-0.25, -0.2) is 0 Å². The van der Waals surface area contributed by atoms with Crippen molar-refractivity contribution in [3.05, 3.63) is 0 Å². The lowest BCUT2D eigenvalue weighted by Gasteiger charge is -2.28. The standard InChI is InChI=1S/C13H28O5Si.C8H20O4Si/c1-5-16-19(4,17-6-2)18-12(3)8-7-9-14-10-13-11-15-13;1-5-9-13(10-6-2,11-7-3)12-8-4/h12-13H,5-11H2,1-4H3;5-8H2,1-4H3. The molecule has 2 atom stereocenters. The Labute approximate surface area is 198 Å². The van der Waals surface area contributed by atoms with Crippen molar-refractivity contribution in [3.63, 3.8) is 0 Å². The Balaban J connectivity index is 0.000000649. The summed E-state index contributed by atoms with van der Waals surface area (Å²) in [5.74, 6) is 0. The Bertz CT molecular complexity index is 393. The fraction of sp³-hybridized carbons (Fsp3) is 1.00. The van der Waals surface area contributed by atoms with Crippen LogP contribution in [0, 0.1) is 0 Å². The summed E-state index contributed by atoms with van der Waals surface area (Å²) in [7, 11) is -5.25. The van der Waals surface area contributed by atoms with Crippen molar-refractivity contribution >= 4 is 17.9 Å². The van der Waals surface area contributed by atoms with Crippen LogP contribution in [-0.4, -0.2) is 89.5 Å². The van der Waals surface area contributed by atoms with Crippen molar-refractivity contribution in [2.24, 2.45) is 0 Å². The SMILES string of the molecule is CCO[Si](C)(OCC)OC(C)CCCOCC1CO1.CCO[Si](OCC)(OCC)OCC. The average Bonchev–Trinajstić information content (AvgIpc) is 3.54. The largest absolute Gasteiger partial charge is 0.679 e. The van der Waals surface area contributed by atoms with Gasteiger partial charge >= 0.3 is 17.9 Å². The highest BCUT2D eigenvalue weighted by Gasteiger charge is 2.44. The minimum atomic E-state index is -2.80. The van der Waals surface area contributed by atoms with Gasteiger partial charge in [0.2, 0.25) is 0 Å². The van der Waals surface area contributed by atoms with Crippen LogP contribution in [-0.2, 0) is 40.5 Å².